The second kappa shape index (κ2) is 3.11. The molecule has 0 aromatic rings. The molecule has 70 valence electrons. The number of fused-ring (bicyclic) bond motifs is 1. The lowest BCUT2D eigenvalue weighted by molar-refractivity contribution is 0.0110. The Kier molecular flexibility index (Phi) is 2.25. The van der Waals surface area contributed by atoms with E-state index in [2.05, 4.69) is 0 Å². The van der Waals surface area contributed by atoms with Gasteiger partial charge < -0.3 is 13.8 Å². The second-order valence-corrected chi connectivity index (χ2v) is 4.17. The molecular formula is C7H13O4P. The fourth-order valence-electron chi connectivity index (χ4n) is 1.79. The smallest absolute Gasteiger partial charge is 0.320 e. The van der Waals surface area contributed by atoms with Crippen LogP contribution in [0.15, 0.2) is 0 Å². The number of hydrogen-bond acceptors (Lipinski definition) is 4. The lowest BCUT2D eigenvalue weighted by atomic mass is 10.1. The average molecular weight is 192 g/mol. The summed E-state index contributed by atoms with van der Waals surface area (Å²) in [6.07, 6.45) is 0.736. The van der Waals surface area contributed by atoms with Crippen LogP contribution < -0.4 is 0 Å². The fourth-order valence-corrected chi connectivity index (χ4v) is 2.91. The van der Waals surface area contributed by atoms with Crippen LogP contribution in [0.25, 0.3) is 0 Å². The molecule has 0 spiro atoms. The van der Waals surface area contributed by atoms with Gasteiger partial charge in [0.05, 0.1) is 12.2 Å². The molecule has 12 heavy (non-hydrogen) atoms. The molecule has 0 radical (unpaired) electrons. The number of rotatable bonds is 1. The van der Waals surface area contributed by atoms with Crippen LogP contribution in [0.2, 0.25) is 0 Å². The van der Waals surface area contributed by atoms with Crippen molar-refractivity contribution in [1.29, 1.82) is 0 Å². The molecule has 0 aliphatic carbocycles. The molecule has 2 fully saturated rings. The minimum Gasteiger partial charge on any atom is -0.370 e. The highest BCUT2D eigenvalue weighted by Gasteiger charge is 2.49. The molecule has 5 heteroatoms. The van der Waals surface area contributed by atoms with Crippen LogP contribution in [0.1, 0.15) is 20.3 Å². The SMILES string of the molecule is CCC1OC(C)C2O[PH](=O)OC12. The van der Waals surface area contributed by atoms with Crippen LogP contribution in [-0.2, 0) is 18.3 Å². The van der Waals surface area contributed by atoms with Gasteiger partial charge in [-0.15, -0.1) is 0 Å². The van der Waals surface area contributed by atoms with E-state index in [9.17, 15) is 4.57 Å². The molecule has 0 amide bonds. The lowest BCUT2D eigenvalue weighted by Gasteiger charge is -2.11. The Labute approximate surface area is 72.1 Å². The van der Waals surface area contributed by atoms with Gasteiger partial charge in [0, 0.05) is 0 Å². The highest BCUT2D eigenvalue weighted by atomic mass is 31.1. The molecule has 2 saturated heterocycles. The van der Waals surface area contributed by atoms with Gasteiger partial charge in [0.25, 0.3) is 0 Å². The van der Waals surface area contributed by atoms with Gasteiger partial charge in [0.1, 0.15) is 12.2 Å². The third-order valence-corrected chi connectivity index (χ3v) is 3.34. The topological polar surface area (TPSA) is 44.8 Å². The highest BCUT2D eigenvalue weighted by Crippen LogP contribution is 2.45. The first-order valence-electron chi connectivity index (χ1n) is 4.25. The Hall–Kier alpha value is 0.110. The Morgan fingerprint density at radius 3 is 2.67 bits per heavy atom. The first kappa shape index (κ1) is 8.70. The summed E-state index contributed by atoms with van der Waals surface area (Å²) in [6, 6.07) is 0. The Morgan fingerprint density at radius 2 is 2.00 bits per heavy atom. The molecule has 2 aliphatic heterocycles. The summed E-state index contributed by atoms with van der Waals surface area (Å²) in [5.41, 5.74) is 0. The van der Waals surface area contributed by atoms with Crippen molar-refractivity contribution in [2.45, 2.75) is 44.7 Å². The molecule has 5 unspecified atom stereocenters. The summed E-state index contributed by atoms with van der Waals surface area (Å²) in [5.74, 6) is 0. The van der Waals surface area contributed by atoms with Crippen molar-refractivity contribution in [3.63, 3.8) is 0 Å². The minimum absolute atomic E-state index is 0.0106. The standard InChI is InChI=1S/C7H13O4P/c1-3-5-7-6(4(2)9-5)10-12(8)11-7/h4-7,12H,3H2,1-2H3. The Morgan fingerprint density at radius 1 is 1.33 bits per heavy atom. The van der Waals surface area contributed by atoms with E-state index in [1.807, 2.05) is 13.8 Å². The van der Waals surface area contributed by atoms with Crippen molar-refractivity contribution < 1.29 is 18.3 Å². The third-order valence-electron chi connectivity index (χ3n) is 2.41. The van der Waals surface area contributed by atoms with Gasteiger partial charge in [-0.3, -0.25) is 4.57 Å². The summed E-state index contributed by atoms with van der Waals surface area (Å²) in [4.78, 5) is 0. The normalized spacial score (nSPS) is 52.7. The van der Waals surface area contributed by atoms with Gasteiger partial charge >= 0.3 is 8.25 Å². The maximum absolute atomic E-state index is 10.9. The molecule has 4 nitrogen and oxygen atoms in total. The quantitative estimate of drug-likeness (QED) is 0.588. The average Bonchev–Trinajstić information content (AvgIpc) is 2.52. The van der Waals surface area contributed by atoms with Gasteiger partial charge in [0.15, 0.2) is 0 Å². The molecule has 2 heterocycles. The summed E-state index contributed by atoms with van der Waals surface area (Å²) in [5, 5.41) is 0. The van der Waals surface area contributed by atoms with Crippen molar-refractivity contribution in [3.05, 3.63) is 0 Å². The molecule has 5 atom stereocenters. The van der Waals surface area contributed by atoms with Crippen LogP contribution in [0.4, 0.5) is 0 Å². The molecule has 0 saturated carbocycles. The largest absolute Gasteiger partial charge is 0.370 e. The zero-order chi connectivity index (χ0) is 8.72. The van der Waals surface area contributed by atoms with Crippen molar-refractivity contribution in [2.24, 2.45) is 0 Å². The molecule has 2 rings (SSSR count). The molecular weight excluding hydrogens is 179 g/mol. The molecule has 0 bridgehead atoms. The van der Waals surface area contributed by atoms with E-state index in [4.69, 9.17) is 13.8 Å². The molecule has 0 aromatic heterocycles. The highest BCUT2D eigenvalue weighted by molar-refractivity contribution is 7.33. The van der Waals surface area contributed by atoms with Crippen LogP contribution in [-0.4, -0.2) is 24.4 Å². The van der Waals surface area contributed by atoms with E-state index in [1.165, 1.54) is 0 Å². The Bertz CT molecular complexity index is 208. The van der Waals surface area contributed by atoms with Crippen LogP contribution in [0, 0.1) is 0 Å². The van der Waals surface area contributed by atoms with E-state index in [0.717, 1.165) is 6.42 Å². The zero-order valence-corrected chi connectivity index (χ0v) is 8.15. The summed E-state index contributed by atoms with van der Waals surface area (Å²) in [7, 11) is -2.22. The molecule has 2 aliphatic rings. The third kappa shape index (κ3) is 1.23. The van der Waals surface area contributed by atoms with Crippen LogP contribution in [0.3, 0.4) is 0 Å². The molecule has 0 aromatic carbocycles. The summed E-state index contributed by atoms with van der Waals surface area (Å²) in [6.45, 7) is 3.95. The lowest BCUT2D eigenvalue weighted by Crippen LogP contribution is -2.28. The first-order chi connectivity index (χ1) is 5.72. The predicted molar refractivity (Wildman–Crippen MR) is 43.4 cm³/mol. The maximum Gasteiger partial charge on any atom is 0.320 e. The number of ether oxygens (including phenoxy) is 1. The van der Waals surface area contributed by atoms with Gasteiger partial charge in [-0.2, -0.15) is 0 Å². The van der Waals surface area contributed by atoms with Crippen molar-refractivity contribution in [1.82, 2.24) is 0 Å². The number of hydrogen-bond donors (Lipinski definition) is 0. The maximum atomic E-state index is 10.9. The summed E-state index contributed by atoms with van der Waals surface area (Å²) < 4.78 is 26.8. The van der Waals surface area contributed by atoms with E-state index in [1.54, 1.807) is 0 Å². The minimum atomic E-state index is -2.22. The van der Waals surface area contributed by atoms with E-state index in [-0.39, 0.29) is 24.4 Å². The fraction of sp³-hybridized carbons (Fsp3) is 1.00. The predicted octanol–water partition coefficient (Wildman–Crippen LogP) is 1.36. The van der Waals surface area contributed by atoms with Crippen molar-refractivity contribution >= 4 is 8.25 Å². The van der Waals surface area contributed by atoms with Gasteiger partial charge in [-0.1, -0.05) is 6.92 Å². The zero-order valence-electron chi connectivity index (χ0n) is 7.15. The van der Waals surface area contributed by atoms with E-state index < -0.39 is 8.25 Å². The van der Waals surface area contributed by atoms with Crippen molar-refractivity contribution in [2.75, 3.05) is 0 Å². The molecule has 0 N–H and O–H groups in total. The Balaban J connectivity index is 2.13. The van der Waals surface area contributed by atoms with Crippen LogP contribution >= 0.6 is 8.25 Å². The summed E-state index contributed by atoms with van der Waals surface area (Å²) >= 11 is 0. The van der Waals surface area contributed by atoms with E-state index >= 15 is 0 Å². The monoisotopic (exact) mass is 192 g/mol. The van der Waals surface area contributed by atoms with Gasteiger partial charge in [0.2, 0.25) is 0 Å². The van der Waals surface area contributed by atoms with Crippen molar-refractivity contribution in [3.8, 4) is 0 Å². The van der Waals surface area contributed by atoms with Gasteiger partial charge in [-0.05, 0) is 13.3 Å². The first-order valence-corrected chi connectivity index (χ1v) is 5.47. The van der Waals surface area contributed by atoms with Crippen LogP contribution in [0.5, 0.6) is 0 Å². The van der Waals surface area contributed by atoms with Gasteiger partial charge in [-0.25, -0.2) is 0 Å². The second-order valence-electron chi connectivity index (χ2n) is 3.20. The van der Waals surface area contributed by atoms with E-state index in [0.29, 0.717) is 0 Å².